The van der Waals surface area contributed by atoms with Crippen LogP contribution in [0.3, 0.4) is 0 Å². The van der Waals surface area contributed by atoms with E-state index in [2.05, 4.69) is 185 Å². The maximum atomic E-state index is 6.17. The highest BCUT2D eigenvalue weighted by molar-refractivity contribution is 6.07. The lowest BCUT2D eigenvalue weighted by Gasteiger charge is -2.24. The average Bonchev–Trinajstić information content (AvgIpc) is 3.62. The molecule has 52 heavy (non-hydrogen) atoms. The van der Waals surface area contributed by atoms with Crippen LogP contribution in [0.25, 0.3) is 66.9 Å². The second kappa shape index (κ2) is 12.5. The van der Waals surface area contributed by atoms with Gasteiger partial charge >= 0.3 is 0 Å². The zero-order valence-electron chi connectivity index (χ0n) is 29.7. The lowest BCUT2D eigenvalue weighted by atomic mass is 9.79. The molecule has 2 nitrogen and oxygen atoms in total. The molecule has 0 aliphatic heterocycles. The number of benzene rings is 7. The van der Waals surface area contributed by atoms with E-state index >= 15 is 0 Å². The van der Waals surface area contributed by atoms with E-state index in [9.17, 15) is 0 Å². The van der Waals surface area contributed by atoms with Crippen molar-refractivity contribution in [2.45, 2.75) is 32.1 Å². The molecule has 1 aromatic heterocycles. The van der Waals surface area contributed by atoms with Crippen molar-refractivity contribution in [1.29, 1.82) is 0 Å². The molecule has 1 atom stereocenters. The Labute approximate surface area is 304 Å². The topological polar surface area (TPSA) is 26.0 Å². The summed E-state index contributed by atoms with van der Waals surface area (Å²) in [6, 6.07) is 56.9. The minimum Gasteiger partial charge on any atom is -0.440 e. The van der Waals surface area contributed by atoms with Crippen molar-refractivity contribution in [2.24, 2.45) is 0 Å². The molecule has 1 aliphatic carbocycles. The summed E-state index contributed by atoms with van der Waals surface area (Å²) in [4.78, 5) is 4.91. The third-order valence-corrected chi connectivity index (χ3v) is 10.4. The van der Waals surface area contributed by atoms with E-state index in [0.717, 1.165) is 33.7 Å². The van der Waals surface area contributed by atoms with Crippen LogP contribution in [-0.2, 0) is 5.41 Å². The maximum Gasteiger partial charge on any atom is 0.200 e. The fourth-order valence-corrected chi connectivity index (χ4v) is 7.79. The van der Waals surface area contributed by atoms with Crippen LogP contribution in [0, 0.1) is 0 Å². The average molecular weight is 670 g/mol. The highest BCUT2D eigenvalue weighted by Gasteiger charge is 2.24. The Kier molecular flexibility index (Phi) is 7.63. The molecule has 7 aromatic carbocycles. The fourth-order valence-electron chi connectivity index (χ4n) is 7.79. The van der Waals surface area contributed by atoms with Gasteiger partial charge in [0, 0.05) is 11.3 Å². The Morgan fingerprint density at radius 2 is 1.31 bits per heavy atom. The molecular formula is C50H39NO. The van der Waals surface area contributed by atoms with E-state index in [0.29, 0.717) is 0 Å². The monoisotopic (exact) mass is 669 g/mol. The lowest BCUT2D eigenvalue weighted by Crippen LogP contribution is -2.32. The molecule has 0 amide bonds. The molecular weight excluding hydrogens is 631 g/mol. The van der Waals surface area contributed by atoms with Crippen LogP contribution >= 0.6 is 0 Å². The molecule has 0 saturated carbocycles. The smallest absolute Gasteiger partial charge is 0.200 e. The number of hydrogen-bond donors (Lipinski definition) is 0. The van der Waals surface area contributed by atoms with E-state index in [-0.39, 0.29) is 11.3 Å². The van der Waals surface area contributed by atoms with E-state index in [1.165, 1.54) is 60.2 Å². The number of aromatic nitrogens is 1. The van der Waals surface area contributed by atoms with Crippen molar-refractivity contribution < 1.29 is 4.42 Å². The molecule has 1 aliphatic rings. The second-order valence-corrected chi connectivity index (χ2v) is 14.8. The van der Waals surface area contributed by atoms with Gasteiger partial charge in [-0.2, -0.15) is 0 Å². The molecule has 0 radical (unpaired) electrons. The van der Waals surface area contributed by atoms with E-state index in [4.69, 9.17) is 16.0 Å². The Morgan fingerprint density at radius 1 is 0.596 bits per heavy atom. The van der Waals surface area contributed by atoms with Gasteiger partial charge in [-0.3, -0.25) is 0 Å². The Balaban J connectivity index is 1.23. The summed E-state index contributed by atoms with van der Waals surface area (Å²) in [5, 5.41) is 4.88. The van der Waals surface area contributed by atoms with Crippen molar-refractivity contribution in [3.05, 3.63) is 197 Å². The lowest BCUT2D eigenvalue weighted by molar-refractivity contribution is 0.411. The molecule has 8 aromatic rings. The second-order valence-electron chi connectivity index (χ2n) is 14.8. The van der Waals surface area contributed by atoms with E-state index in [1.807, 2.05) is 0 Å². The molecule has 0 N–H and O–H groups in total. The first-order valence-electron chi connectivity index (χ1n) is 18.0. The number of nitrogens with zero attached hydrogens (tertiary/aromatic N) is 1. The minimum absolute atomic E-state index is 0.0967. The SMILES string of the molecule is C=C1C(c2cccc(-c3ccc4ccccc4c3-c3ccccc3-c3ccc4oc(C(C)(C)C)nc4c3)c2)=c2ccccc2=CC1c1ccccc1. The van der Waals surface area contributed by atoms with Crippen molar-refractivity contribution in [2.75, 3.05) is 0 Å². The molecule has 0 spiro atoms. The Morgan fingerprint density at radius 3 is 2.15 bits per heavy atom. The summed E-state index contributed by atoms with van der Waals surface area (Å²) in [6.45, 7) is 11.1. The highest BCUT2D eigenvalue weighted by Crippen LogP contribution is 2.44. The Bertz CT molecular complexity index is 2800. The first-order valence-corrected chi connectivity index (χ1v) is 18.0. The number of fused-ring (bicyclic) bond motifs is 3. The quantitative estimate of drug-likeness (QED) is 0.182. The summed E-state index contributed by atoms with van der Waals surface area (Å²) < 4.78 is 6.17. The molecule has 0 bridgehead atoms. The number of oxazole rings is 1. The predicted octanol–water partition coefficient (Wildman–Crippen LogP) is 11.6. The number of rotatable bonds is 5. The number of allylic oxidation sites excluding steroid dienone is 1. The molecule has 0 fully saturated rings. The van der Waals surface area contributed by atoms with Gasteiger partial charge in [0.2, 0.25) is 5.89 Å². The van der Waals surface area contributed by atoms with E-state index < -0.39 is 0 Å². The van der Waals surface area contributed by atoms with Gasteiger partial charge in [0.15, 0.2) is 5.58 Å². The van der Waals surface area contributed by atoms with Crippen LogP contribution in [0.15, 0.2) is 174 Å². The van der Waals surface area contributed by atoms with Crippen molar-refractivity contribution in [1.82, 2.24) is 4.98 Å². The van der Waals surface area contributed by atoms with Gasteiger partial charge in [-0.05, 0) is 95.1 Å². The van der Waals surface area contributed by atoms with Crippen LogP contribution in [0.5, 0.6) is 0 Å². The van der Waals surface area contributed by atoms with Crippen molar-refractivity contribution in [3.63, 3.8) is 0 Å². The molecule has 2 heteroatoms. The molecule has 250 valence electrons. The van der Waals surface area contributed by atoms with Gasteiger partial charge in [0.05, 0.1) is 0 Å². The largest absolute Gasteiger partial charge is 0.440 e. The third kappa shape index (κ3) is 5.48. The fraction of sp³-hybridized carbons (Fsp3) is 0.100. The maximum absolute atomic E-state index is 6.17. The summed E-state index contributed by atoms with van der Waals surface area (Å²) in [7, 11) is 0. The summed E-state index contributed by atoms with van der Waals surface area (Å²) >= 11 is 0. The molecule has 1 unspecified atom stereocenters. The zero-order chi connectivity index (χ0) is 35.4. The van der Waals surface area contributed by atoms with Crippen LogP contribution in [0.4, 0.5) is 0 Å². The Hall–Kier alpha value is -6.25. The molecule has 1 heterocycles. The first kappa shape index (κ1) is 31.7. The summed E-state index contributed by atoms with van der Waals surface area (Å²) in [6.07, 6.45) is 2.36. The van der Waals surface area contributed by atoms with Crippen LogP contribution < -0.4 is 10.4 Å². The van der Waals surface area contributed by atoms with Gasteiger partial charge in [-0.1, -0.05) is 173 Å². The van der Waals surface area contributed by atoms with Crippen LogP contribution in [-0.4, -0.2) is 4.98 Å². The predicted molar refractivity (Wildman–Crippen MR) is 218 cm³/mol. The molecule has 9 rings (SSSR count). The normalized spacial score (nSPS) is 14.4. The van der Waals surface area contributed by atoms with Gasteiger partial charge in [-0.25, -0.2) is 4.98 Å². The van der Waals surface area contributed by atoms with Crippen LogP contribution in [0.2, 0.25) is 0 Å². The zero-order valence-corrected chi connectivity index (χ0v) is 29.7. The van der Waals surface area contributed by atoms with Crippen LogP contribution in [0.1, 0.15) is 43.7 Å². The van der Waals surface area contributed by atoms with Gasteiger partial charge in [0.25, 0.3) is 0 Å². The minimum atomic E-state index is -0.172. The van der Waals surface area contributed by atoms with Gasteiger partial charge < -0.3 is 4.42 Å². The first-order chi connectivity index (χ1) is 25.3. The summed E-state index contributed by atoms with van der Waals surface area (Å²) in [5.41, 5.74) is 13.3. The van der Waals surface area contributed by atoms with E-state index in [1.54, 1.807) is 0 Å². The summed E-state index contributed by atoms with van der Waals surface area (Å²) in [5.74, 6) is 0.845. The van der Waals surface area contributed by atoms with Gasteiger partial charge in [-0.15, -0.1) is 0 Å². The third-order valence-electron chi connectivity index (χ3n) is 10.4. The highest BCUT2D eigenvalue weighted by atomic mass is 16.3. The van der Waals surface area contributed by atoms with Crippen molar-refractivity contribution in [3.8, 4) is 33.4 Å². The standard InChI is InChI=1S/C50H39NO/c1-32-44(33-15-6-5-7-16-33)30-36-18-9-11-23-41(36)47(32)38-20-14-19-35(29-38)42-27-25-34-17-8-10-22-40(34)48(42)43-24-13-12-21-39(43)37-26-28-46-45(31-37)51-49(52-46)50(2,3)4/h5-31,44H,1H2,2-4H3. The van der Waals surface area contributed by atoms with Crippen molar-refractivity contribution >= 4 is 33.5 Å². The molecule has 0 saturated heterocycles. The van der Waals surface area contributed by atoms with Gasteiger partial charge in [0.1, 0.15) is 5.52 Å². The number of hydrogen-bond acceptors (Lipinski definition) is 2.